The van der Waals surface area contributed by atoms with Crippen LogP contribution in [0.4, 0.5) is 8.78 Å². The van der Waals surface area contributed by atoms with Gasteiger partial charge in [-0.15, -0.1) is 0 Å². The SMILES string of the molecule is O=C(O)c1cccc(CN2C3CCC2CC(O)(Cc2ccc(F)cc2F)C3)c1. The van der Waals surface area contributed by atoms with Gasteiger partial charge < -0.3 is 10.2 Å². The number of hydrogen-bond acceptors (Lipinski definition) is 3. The van der Waals surface area contributed by atoms with Crippen LogP contribution in [0.25, 0.3) is 0 Å². The molecule has 4 rings (SSSR count). The Bertz CT molecular complexity index is 887. The Kier molecular flexibility index (Phi) is 4.93. The molecule has 2 N–H and O–H groups in total. The average Bonchev–Trinajstić information content (AvgIpc) is 2.88. The van der Waals surface area contributed by atoms with Gasteiger partial charge in [0, 0.05) is 31.1 Å². The molecule has 0 aromatic heterocycles. The maximum atomic E-state index is 14.0. The maximum absolute atomic E-state index is 14.0. The average molecular weight is 387 g/mol. The van der Waals surface area contributed by atoms with Gasteiger partial charge in [-0.25, -0.2) is 13.6 Å². The van der Waals surface area contributed by atoms with Gasteiger partial charge in [-0.1, -0.05) is 18.2 Å². The van der Waals surface area contributed by atoms with Gasteiger partial charge in [-0.3, -0.25) is 4.90 Å². The fourth-order valence-electron chi connectivity index (χ4n) is 4.85. The molecule has 6 heteroatoms. The summed E-state index contributed by atoms with van der Waals surface area (Å²) in [5.41, 5.74) is 0.534. The molecular weight excluding hydrogens is 364 g/mol. The van der Waals surface area contributed by atoms with Crippen molar-refractivity contribution in [2.75, 3.05) is 0 Å². The number of hydrogen-bond donors (Lipinski definition) is 2. The van der Waals surface area contributed by atoms with Gasteiger partial charge in [-0.2, -0.15) is 0 Å². The molecular formula is C22H23F2NO3. The van der Waals surface area contributed by atoms with Gasteiger partial charge in [0.2, 0.25) is 0 Å². The quantitative estimate of drug-likeness (QED) is 0.820. The summed E-state index contributed by atoms with van der Waals surface area (Å²) in [6.07, 6.45) is 3.14. The van der Waals surface area contributed by atoms with Crippen LogP contribution in [0.15, 0.2) is 42.5 Å². The van der Waals surface area contributed by atoms with E-state index in [2.05, 4.69) is 4.90 Å². The highest BCUT2D eigenvalue weighted by Gasteiger charge is 2.47. The first-order valence-corrected chi connectivity index (χ1v) is 9.57. The van der Waals surface area contributed by atoms with E-state index >= 15 is 0 Å². The number of piperidine rings is 1. The molecule has 2 aromatic carbocycles. The van der Waals surface area contributed by atoms with Crippen LogP contribution < -0.4 is 0 Å². The topological polar surface area (TPSA) is 60.8 Å². The van der Waals surface area contributed by atoms with Crippen LogP contribution >= 0.6 is 0 Å². The summed E-state index contributed by atoms with van der Waals surface area (Å²) < 4.78 is 27.2. The lowest BCUT2D eigenvalue weighted by molar-refractivity contribution is -0.0544. The molecule has 0 aliphatic carbocycles. The largest absolute Gasteiger partial charge is 0.478 e. The van der Waals surface area contributed by atoms with Crippen LogP contribution in [0.1, 0.15) is 47.2 Å². The number of aliphatic hydroxyl groups is 1. The summed E-state index contributed by atoms with van der Waals surface area (Å²) in [4.78, 5) is 13.5. The summed E-state index contributed by atoms with van der Waals surface area (Å²) in [7, 11) is 0. The van der Waals surface area contributed by atoms with E-state index in [4.69, 9.17) is 0 Å². The monoisotopic (exact) mass is 387 g/mol. The second-order valence-electron chi connectivity index (χ2n) is 8.11. The molecule has 0 saturated carbocycles. The zero-order valence-electron chi connectivity index (χ0n) is 15.4. The van der Waals surface area contributed by atoms with Crippen molar-refractivity contribution in [3.8, 4) is 0 Å². The van der Waals surface area contributed by atoms with Crippen molar-refractivity contribution in [3.05, 3.63) is 70.8 Å². The fourth-order valence-corrected chi connectivity index (χ4v) is 4.85. The van der Waals surface area contributed by atoms with Gasteiger partial charge in [-0.05, 0) is 55.0 Å². The van der Waals surface area contributed by atoms with E-state index in [1.807, 2.05) is 6.07 Å². The molecule has 2 fully saturated rings. The highest BCUT2D eigenvalue weighted by Crippen LogP contribution is 2.43. The molecule has 0 amide bonds. The minimum atomic E-state index is -1.01. The number of carbonyl (C=O) groups is 1. The van der Waals surface area contributed by atoms with Gasteiger partial charge in [0.05, 0.1) is 11.2 Å². The summed E-state index contributed by atoms with van der Waals surface area (Å²) in [5.74, 6) is -2.18. The Morgan fingerprint density at radius 3 is 2.46 bits per heavy atom. The van der Waals surface area contributed by atoms with Crippen LogP contribution in [-0.2, 0) is 13.0 Å². The number of nitrogens with zero attached hydrogens (tertiary/aromatic N) is 1. The molecule has 28 heavy (non-hydrogen) atoms. The molecule has 0 spiro atoms. The lowest BCUT2D eigenvalue weighted by Gasteiger charge is -2.44. The number of carboxylic acid groups (broad SMARTS) is 1. The van der Waals surface area contributed by atoms with E-state index in [1.54, 1.807) is 18.2 Å². The van der Waals surface area contributed by atoms with Crippen molar-refractivity contribution in [2.24, 2.45) is 0 Å². The molecule has 4 nitrogen and oxygen atoms in total. The van der Waals surface area contributed by atoms with E-state index in [0.717, 1.165) is 24.5 Å². The summed E-state index contributed by atoms with van der Waals surface area (Å²) in [6.45, 7) is 0.636. The maximum Gasteiger partial charge on any atom is 0.335 e. The summed E-state index contributed by atoms with van der Waals surface area (Å²) in [5, 5.41) is 20.3. The van der Waals surface area contributed by atoms with E-state index in [1.165, 1.54) is 12.1 Å². The number of aromatic carboxylic acids is 1. The normalized spacial score (nSPS) is 27.1. The highest BCUT2D eigenvalue weighted by atomic mass is 19.1. The van der Waals surface area contributed by atoms with Gasteiger partial charge >= 0.3 is 5.97 Å². The lowest BCUT2D eigenvalue weighted by atomic mass is 9.81. The fraction of sp³-hybridized carbons (Fsp3) is 0.409. The Labute approximate surface area is 162 Å². The molecule has 2 bridgehead atoms. The number of benzene rings is 2. The van der Waals surface area contributed by atoms with Crippen LogP contribution in [-0.4, -0.2) is 38.8 Å². The molecule has 2 aliphatic rings. The Morgan fingerprint density at radius 1 is 1.11 bits per heavy atom. The van der Waals surface area contributed by atoms with Crippen LogP contribution in [0.2, 0.25) is 0 Å². The second-order valence-corrected chi connectivity index (χ2v) is 8.11. The zero-order chi connectivity index (χ0) is 19.9. The predicted molar refractivity (Wildman–Crippen MR) is 100 cm³/mol. The van der Waals surface area contributed by atoms with Crippen molar-refractivity contribution < 1.29 is 23.8 Å². The van der Waals surface area contributed by atoms with Gasteiger partial charge in [0.1, 0.15) is 11.6 Å². The van der Waals surface area contributed by atoms with E-state index in [9.17, 15) is 23.8 Å². The predicted octanol–water partition coefficient (Wildman–Crippen LogP) is 3.76. The smallest absolute Gasteiger partial charge is 0.335 e. The molecule has 2 atom stereocenters. The second kappa shape index (κ2) is 7.26. The minimum absolute atomic E-state index is 0.167. The third kappa shape index (κ3) is 3.80. The van der Waals surface area contributed by atoms with E-state index in [-0.39, 0.29) is 24.1 Å². The van der Waals surface area contributed by atoms with Crippen LogP contribution in [0.5, 0.6) is 0 Å². The lowest BCUT2D eigenvalue weighted by Crippen LogP contribution is -2.51. The Hall–Kier alpha value is -2.31. The zero-order valence-corrected chi connectivity index (χ0v) is 15.4. The number of fused-ring (bicyclic) bond motifs is 2. The highest BCUT2D eigenvalue weighted by molar-refractivity contribution is 5.87. The van der Waals surface area contributed by atoms with Crippen molar-refractivity contribution in [2.45, 2.75) is 56.3 Å². The Balaban J connectivity index is 1.48. The van der Waals surface area contributed by atoms with Crippen molar-refractivity contribution >= 4 is 5.97 Å². The number of rotatable bonds is 5. The minimum Gasteiger partial charge on any atom is -0.478 e. The first-order chi connectivity index (χ1) is 13.3. The van der Waals surface area contributed by atoms with Gasteiger partial charge in [0.25, 0.3) is 0 Å². The number of halogens is 2. The first kappa shape index (κ1) is 19.0. The van der Waals surface area contributed by atoms with Crippen molar-refractivity contribution in [3.63, 3.8) is 0 Å². The summed E-state index contributed by atoms with van der Waals surface area (Å²) >= 11 is 0. The molecule has 148 valence electrons. The third-order valence-corrected chi connectivity index (χ3v) is 6.08. The standard InChI is InChI=1S/C22H23F2NO3/c23-17-5-4-16(20(24)9-17)10-22(28)11-18-6-7-19(12-22)25(18)13-14-2-1-3-15(8-14)21(26)27/h1-5,8-9,18-19,28H,6-7,10-13H2,(H,26,27). The molecule has 0 radical (unpaired) electrons. The molecule has 2 aromatic rings. The van der Waals surface area contributed by atoms with Gasteiger partial charge in [0.15, 0.2) is 0 Å². The van der Waals surface area contributed by atoms with E-state index in [0.29, 0.717) is 24.9 Å². The van der Waals surface area contributed by atoms with Crippen molar-refractivity contribution in [1.29, 1.82) is 0 Å². The third-order valence-electron chi connectivity index (χ3n) is 6.08. The summed E-state index contributed by atoms with van der Waals surface area (Å²) in [6, 6.07) is 10.8. The van der Waals surface area contributed by atoms with E-state index < -0.39 is 23.2 Å². The number of carboxylic acids is 1. The molecule has 2 heterocycles. The van der Waals surface area contributed by atoms with Crippen LogP contribution in [0.3, 0.4) is 0 Å². The Morgan fingerprint density at radius 2 is 1.82 bits per heavy atom. The molecule has 2 unspecified atom stereocenters. The molecule has 2 saturated heterocycles. The van der Waals surface area contributed by atoms with Crippen LogP contribution in [0, 0.1) is 11.6 Å². The molecule has 2 aliphatic heterocycles. The first-order valence-electron chi connectivity index (χ1n) is 9.57. The van der Waals surface area contributed by atoms with Crippen molar-refractivity contribution in [1.82, 2.24) is 4.90 Å².